The lowest BCUT2D eigenvalue weighted by molar-refractivity contribution is 0.0664. The predicted molar refractivity (Wildman–Crippen MR) is 107 cm³/mol. The molecule has 0 amide bonds. The quantitative estimate of drug-likeness (QED) is 0.668. The number of ether oxygens (including phenoxy) is 1. The van der Waals surface area contributed by atoms with E-state index in [0.29, 0.717) is 18.6 Å². The van der Waals surface area contributed by atoms with Gasteiger partial charge in [-0.3, -0.25) is 4.90 Å². The number of phenols is 1. The number of rotatable bonds is 7. The summed E-state index contributed by atoms with van der Waals surface area (Å²) in [7, 11) is 0. The molecule has 0 spiro atoms. The molecule has 0 saturated carbocycles. The van der Waals surface area contributed by atoms with Crippen LogP contribution in [-0.2, 0) is 24.4 Å². The Kier molecular flexibility index (Phi) is 5.59. The topological polar surface area (TPSA) is 50.5 Å². The summed E-state index contributed by atoms with van der Waals surface area (Å²) in [4.78, 5) is 6.84. The normalized spacial score (nSPS) is 17.0. The van der Waals surface area contributed by atoms with E-state index in [1.165, 1.54) is 6.07 Å². The third-order valence-electron chi connectivity index (χ3n) is 5.36. The summed E-state index contributed by atoms with van der Waals surface area (Å²) in [6.07, 6.45) is 2.30. The molecule has 1 atom stereocenters. The van der Waals surface area contributed by atoms with Crippen molar-refractivity contribution in [2.45, 2.75) is 45.5 Å². The van der Waals surface area contributed by atoms with Crippen molar-refractivity contribution in [3.63, 3.8) is 0 Å². The van der Waals surface area contributed by atoms with Crippen molar-refractivity contribution in [2.75, 3.05) is 13.2 Å². The van der Waals surface area contributed by atoms with Crippen molar-refractivity contribution >= 4 is 11.0 Å². The number of hydrogen-bond acceptors (Lipinski definition) is 4. The van der Waals surface area contributed by atoms with Crippen molar-refractivity contribution in [2.24, 2.45) is 0 Å². The molecule has 3 aromatic rings. The third kappa shape index (κ3) is 3.88. The molecule has 4 rings (SSSR count). The van der Waals surface area contributed by atoms with E-state index in [-0.39, 0.29) is 17.7 Å². The number of phenolic OH excluding ortho intramolecular Hbond substituents is 1. The Morgan fingerprint density at radius 3 is 2.82 bits per heavy atom. The molecule has 1 saturated heterocycles. The van der Waals surface area contributed by atoms with Gasteiger partial charge in [0.1, 0.15) is 17.1 Å². The fourth-order valence-corrected chi connectivity index (χ4v) is 3.98. The van der Waals surface area contributed by atoms with Crippen LogP contribution >= 0.6 is 0 Å². The molecule has 1 aliphatic heterocycles. The van der Waals surface area contributed by atoms with Crippen LogP contribution in [0.15, 0.2) is 42.5 Å². The minimum Gasteiger partial charge on any atom is -0.508 e. The van der Waals surface area contributed by atoms with E-state index in [1.54, 1.807) is 12.1 Å². The second-order valence-corrected chi connectivity index (χ2v) is 7.31. The third-order valence-corrected chi connectivity index (χ3v) is 5.36. The van der Waals surface area contributed by atoms with E-state index in [4.69, 9.17) is 4.74 Å². The summed E-state index contributed by atoms with van der Waals surface area (Å²) in [6, 6.07) is 12.5. The van der Waals surface area contributed by atoms with Crippen LogP contribution in [0.3, 0.4) is 0 Å². The van der Waals surface area contributed by atoms with Gasteiger partial charge in [-0.15, -0.1) is 0 Å². The second-order valence-electron chi connectivity index (χ2n) is 7.31. The zero-order chi connectivity index (χ0) is 19.5. The number of hydrogen-bond donors (Lipinski definition) is 1. The average molecular weight is 383 g/mol. The number of aryl methyl sites for hydroxylation is 1. The van der Waals surface area contributed by atoms with E-state index < -0.39 is 0 Å². The monoisotopic (exact) mass is 383 g/mol. The van der Waals surface area contributed by atoms with E-state index in [9.17, 15) is 9.50 Å². The molecule has 1 aromatic heterocycles. The highest BCUT2D eigenvalue weighted by Gasteiger charge is 2.22. The van der Waals surface area contributed by atoms with Crippen LogP contribution in [0.4, 0.5) is 4.39 Å². The first-order valence-corrected chi connectivity index (χ1v) is 9.90. The lowest BCUT2D eigenvalue weighted by atomic mass is 10.1. The van der Waals surface area contributed by atoms with Gasteiger partial charge in [0.25, 0.3) is 0 Å². The molecular weight excluding hydrogens is 357 g/mol. The molecule has 0 aliphatic carbocycles. The lowest BCUT2D eigenvalue weighted by Gasteiger charge is -2.25. The van der Waals surface area contributed by atoms with Crippen LogP contribution in [0.2, 0.25) is 0 Å². The van der Waals surface area contributed by atoms with Crippen LogP contribution in [-0.4, -0.2) is 38.8 Å². The van der Waals surface area contributed by atoms with Crippen molar-refractivity contribution in [3.05, 3.63) is 59.7 Å². The Morgan fingerprint density at radius 1 is 1.21 bits per heavy atom. The number of fused-ring (bicyclic) bond motifs is 1. The molecule has 0 bridgehead atoms. The van der Waals surface area contributed by atoms with Crippen molar-refractivity contribution in [1.82, 2.24) is 14.5 Å². The Morgan fingerprint density at radius 2 is 2.07 bits per heavy atom. The van der Waals surface area contributed by atoms with E-state index in [0.717, 1.165) is 49.4 Å². The second kappa shape index (κ2) is 8.29. The molecule has 5 nitrogen and oxygen atoms in total. The first-order valence-electron chi connectivity index (χ1n) is 9.90. The maximum absolute atomic E-state index is 14.2. The van der Waals surface area contributed by atoms with Gasteiger partial charge in [-0.05, 0) is 38.0 Å². The molecule has 6 heteroatoms. The molecule has 2 heterocycles. The smallest absolute Gasteiger partial charge is 0.151 e. The van der Waals surface area contributed by atoms with Gasteiger partial charge in [-0.25, -0.2) is 9.37 Å². The van der Waals surface area contributed by atoms with Crippen molar-refractivity contribution < 1.29 is 14.2 Å². The van der Waals surface area contributed by atoms with Gasteiger partial charge in [0.2, 0.25) is 0 Å². The summed E-state index contributed by atoms with van der Waals surface area (Å²) in [5.74, 6) is 0.822. The molecule has 1 fully saturated rings. The largest absolute Gasteiger partial charge is 0.508 e. The minimum absolute atomic E-state index is 0.182. The molecule has 28 heavy (non-hydrogen) atoms. The van der Waals surface area contributed by atoms with E-state index in [2.05, 4.69) is 14.5 Å². The maximum atomic E-state index is 14.2. The van der Waals surface area contributed by atoms with Crippen molar-refractivity contribution in [3.8, 4) is 5.75 Å². The predicted octanol–water partition coefficient (Wildman–Crippen LogP) is 4.08. The van der Waals surface area contributed by atoms with Crippen molar-refractivity contribution in [1.29, 1.82) is 0 Å². The van der Waals surface area contributed by atoms with Gasteiger partial charge >= 0.3 is 0 Å². The van der Waals surface area contributed by atoms with Crippen LogP contribution in [0, 0.1) is 5.82 Å². The number of aromatic nitrogens is 2. The lowest BCUT2D eigenvalue weighted by Crippen LogP contribution is -2.32. The number of nitrogens with zero attached hydrogens (tertiary/aromatic N) is 3. The summed E-state index contributed by atoms with van der Waals surface area (Å²) in [5, 5.41) is 10.2. The number of para-hydroxylation sites is 2. The molecule has 1 aliphatic rings. The number of imidazole rings is 1. The number of aromatic hydroxyl groups is 1. The molecule has 2 aromatic carbocycles. The highest BCUT2D eigenvalue weighted by Crippen LogP contribution is 2.24. The summed E-state index contributed by atoms with van der Waals surface area (Å²) in [6.45, 7) is 5.47. The van der Waals surface area contributed by atoms with E-state index >= 15 is 0 Å². The molecule has 0 radical (unpaired) electrons. The van der Waals surface area contributed by atoms with Crippen LogP contribution in [0.25, 0.3) is 11.0 Å². The number of halogens is 1. The highest BCUT2D eigenvalue weighted by atomic mass is 19.1. The van der Waals surface area contributed by atoms with Gasteiger partial charge < -0.3 is 14.4 Å². The molecule has 1 N–H and O–H groups in total. The average Bonchev–Trinajstić information content (AvgIpc) is 3.31. The van der Waals surface area contributed by atoms with Gasteiger partial charge in [0.05, 0.1) is 18.2 Å². The Balaban J connectivity index is 1.64. The Bertz CT molecular complexity index is 950. The standard InChI is InChI=1S/C22H26FN3O2/c1-2-26-19-10-5-9-18(23)22(19)24-21(26)15-25(14-17-8-6-12-28-17)13-16-7-3-4-11-20(16)27/h3-5,7,9-11,17,27H,2,6,8,12-15H2,1H3. The van der Waals surface area contributed by atoms with Gasteiger partial charge in [0.15, 0.2) is 5.82 Å². The fraction of sp³-hybridized carbons (Fsp3) is 0.409. The Hall–Kier alpha value is -2.44. The Labute approximate surface area is 164 Å². The zero-order valence-electron chi connectivity index (χ0n) is 16.1. The maximum Gasteiger partial charge on any atom is 0.151 e. The van der Waals surface area contributed by atoms with Gasteiger partial charge in [-0.2, -0.15) is 0 Å². The summed E-state index contributed by atoms with van der Waals surface area (Å²) < 4.78 is 22.1. The summed E-state index contributed by atoms with van der Waals surface area (Å²) in [5.41, 5.74) is 2.10. The van der Waals surface area contributed by atoms with Gasteiger partial charge in [-0.1, -0.05) is 24.3 Å². The molecular formula is C22H26FN3O2. The zero-order valence-corrected chi connectivity index (χ0v) is 16.1. The first kappa shape index (κ1) is 18.9. The first-order chi connectivity index (χ1) is 13.7. The van der Waals surface area contributed by atoms with Crippen LogP contribution in [0.1, 0.15) is 31.2 Å². The SMILES string of the molecule is CCn1c(CN(Cc2ccccc2O)CC2CCCO2)nc2c(F)cccc21. The molecule has 148 valence electrons. The van der Waals surface area contributed by atoms with Crippen LogP contribution in [0.5, 0.6) is 5.75 Å². The number of benzene rings is 2. The molecule has 1 unspecified atom stereocenters. The highest BCUT2D eigenvalue weighted by molar-refractivity contribution is 5.76. The minimum atomic E-state index is -0.294. The van der Waals surface area contributed by atoms with Crippen LogP contribution < -0.4 is 0 Å². The fourth-order valence-electron chi connectivity index (χ4n) is 3.98. The van der Waals surface area contributed by atoms with Gasteiger partial charge in [0, 0.05) is 31.8 Å². The van der Waals surface area contributed by atoms with E-state index in [1.807, 2.05) is 31.2 Å². The summed E-state index contributed by atoms with van der Waals surface area (Å²) >= 11 is 0.